The van der Waals surface area contributed by atoms with Gasteiger partial charge in [0, 0.05) is 0 Å². The van der Waals surface area contributed by atoms with Crippen LogP contribution >= 0.6 is 0 Å². The molecule has 2 aromatic carbocycles. The lowest BCUT2D eigenvalue weighted by molar-refractivity contribution is 0.0488. The first-order valence-electron chi connectivity index (χ1n) is 11.0. The van der Waals surface area contributed by atoms with Crippen LogP contribution in [-0.2, 0) is 19.3 Å². The molecule has 0 unspecified atom stereocenters. The number of phenolic OH excluding ortho intramolecular Hbond substituents is 2. The molecule has 0 aliphatic carbocycles. The molecule has 0 saturated carbocycles. The quantitative estimate of drug-likeness (QED) is 0.334. The SMILES string of the molecule is CCCCCOC(=O)c1ccc(O)c(S(=O)(=O)c2cc(C(=O)OCCCCC)ccc2O)c1. The number of sulfone groups is 1. The molecule has 0 aromatic heterocycles. The van der Waals surface area contributed by atoms with Gasteiger partial charge < -0.3 is 19.7 Å². The van der Waals surface area contributed by atoms with E-state index in [1.165, 1.54) is 12.1 Å². The summed E-state index contributed by atoms with van der Waals surface area (Å²) in [5, 5.41) is 20.4. The number of aromatic hydroxyl groups is 2. The predicted octanol–water partition coefficient (Wildman–Crippen LogP) is 4.62. The number of benzene rings is 2. The van der Waals surface area contributed by atoms with Crippen LogP contribution in [0.5, 0.6) is 11.5 Å². The number of unbranched alkanes of at least 4 members (excludes halogenated alkanes) is 4. The summed E-state index contributed by atoms with van der Waals surface area (Å²) in [5.41, 5.74) is -0.122. The van der Waals surface area contributed by atoms with Gasteiger partial charge in [-0.1, -0.05) is 39.5 Å². The summed E-state index contributed by atoms with van der Waals surface area (Å²) < 4.78 is 36.7. The number of rotatable bonds is 12. The van der Waals surface area contributed by atoms with E-state index >= 15 is 0 Å². The van der Waals surface area contributed by atoms with E-state index in [0.29, 0.717) is 12.8 Å². The molecule has 0 radical (unpaired) electrons. The van der Waals surface area contributed by atoms with E-state index in [-0.39, 0.29) is 24.3 Å². The van der Waals surface area contributed by atoms with Gasteiger partial charge in [-0.25, -0.2) is 18.0 Å². The second kappa shape index (κ2) is 12.2. The molecule has 180 valence electrons. The first kappa shape index (κ1) is 26.2. The maximum absolute atomic E-state index is 13.2. The molecule has 0 fully saturated rings. The Morgan fingerprint density at radius 3 is 1.48 bits per heavy atom. The molecule has 0 bridgehead atoms. The van der Waals surface area contributed by atoms with Gasteiger partial charge in [-0.15, -0.1) is 0 Å². The van der Waals surface area contributed by atoms with E-state index in [9.17, 15) is 28.2 Å². The number of hydrogen-bond donors (Lipinski definition) is 2. The fraction of sp³-hybridized carbons (Fsp3) is 0.417. The van der Waals surface area contributed by atoms with Crippen LogP contribution in [-0.4, -0.2) is 43.8 Å². The van der Waals surface area contributed by atoms with Gasteiger partial charge >= 0.3 is 11.9 Å². The number of carbonyl (C=O) groups excluding carboxylic acids is 2. The highest BCUT2D eigenvalue weighted by Crippen LogP contribution is 2.34. The van der Waals surface area contributed by atoms with Crippen LogP contribution in [0, 0.1) is 0 Å². The van der Waals surface area contributed by atoms with Gasteiger partial charge in [0.2, 0.25) is 9.84 Å². The standard InChI is InChI=1S/C24H30O8S/c1-3-5-7-13-31-23(27)17-9-11-19(25)21(15-17)33(29,30)22-16-18(10-12-20(22)26)24(28)32-14-8-6-4-2/h9-12,15-16,25-26H,3-8,13-14H2,1-2H3. The molecule has 2 N–H and O–H groups in total. The predicted molar refractivity (Wildman–Crippen MR) is 121 cm³/mol. The van der Waals surface area contributed by atoms with Gasteiger partial charge in [0.05, 0.1) is 24.3 Å². The highest BCUT2D eigenvalue weighted by molar-refractivity contribution is 7.91. The molecule has 0 aliphatic rings. The molecule has 0 atom stereocenters. The van der Waals surface area contributed by atoms with Crippen LogP contribution in [0.1, 0.15) is 73.1 Å². The fourth-order valence-electron chi connectivity index (χ4n) is 3.03. The number of carbonyl (C=O) groups is 2. The second-order valence-corrected chi connectivity index (χ2v) is 9.44. The third kappa shape index (κ3) is 6.95. The number of phenols is 2. The van der Waals surface area contributed by atoms with Crippen molar-refractivity contribution in [2.75, 3.05) is 13.2 Å². The van der Waals surface area contributed by atoms with Crippen LogP contribution in [0.3, 0.4) is 0 Å². The first-order valence-corrected chi connectivity index (χ1v) is 12.5. The van der Waals surface area contributed by atoms with E-state index < -0.39 is 43.1 Å². The van der Waals surface area contributed by atoms with Gasteiger partial charge in [-0.2, -0.15) is 0 Å². The van der Waals surface area contributed by atoms with Crippen LogP contribution in [0.2, 0.25) is 0 Å². The average molecular weight is 479 g/mol. The van der Waals surface area contributed by atoms with E-state index in [0.717, 1.165) is 49.9 Å². The number of esters is 2. The van der Waals surface area contributed by atoms with Crippen molar-refractivity contribution in [1.29, 1.82) is 0 Å². The van der Waals surface area contributed by atoms with E-state index in [1.54, 1.807) is 0 Å². The van der Waals surface area contributed by atoms with Crippen LogP contribution < -0.4 is 0 Å². The summed E-state index contributed by atoms with van der Waals surface area (Å²) >= 11 is 0. The minimum Gasteiger partial charge on any atom is -0.507 e. The topological polar surface area (TPSA) is 127 Å². The molecular formula is C24H30O8S. The van der Waals surface area contributed by atoms with Crippen molar-refractivity contribution in [2.45, 2.75) is 62.2 Å². The Morgan fingerprint density at radius 2 is 1.12 bits per heavy atom. The van der Waals surface area contributed by atoms with Gasteiger partial charge in [0.15, 0.2) is 0 Å². The second-order valence-electron chi connectivity index (χ2n) is 7.55. The molecule has 9 heteroatoms. The first-order chi connectivity index (χ1) is 15.7. The van der Waals surface area contributed by atoms with Crippen molar-refractivity contribution in [3.63, 3.8) is 0 Å². The lowest BCUT2D eigenvalue weighted by atomic mass is 10.2. The number of hydrogen-bond acceptors (Lipinski definition) is 8. The third-order valence-electron chi connectivity index (χ3n) is 4.93. The van der Waals surface area contributed by atoms with E-state index in [2.05, 4.69) is 0 Å². The zero-order valence-corrected chi connectivity index (χ0v) is 19.7. The Labute approximate surface area is 194 Å². The number of ether oxygens (including phenoxy) is 2. The minimum absolute atomic E-state index is 0.0612. The molecule has 0 heterocycles. The molecule has 2 rings (SSSR count). The molecular weight excluding hydrogens is 448 g/mol. The summed E-state index contributed by atoms with van der Waals surface area (Å²) in [7, 11) is -4.49. The van der Waals surface area contributed by atoms with Gasteiger partial charge in [-0.3, -0.25) is 0 Å². The minimum atomic E-state index is -4.49. The highest BCUT2D eigenvalue weighted by atomic mass is 32.2. The maximum Gasteiger partial charge on any atom is 0.338 e. The average Bonchev–Trinajstić information content (AvgIpc) is 2.79. The summed E-state index contributed by atoms with van der Waals surface area (Å²) in [5.74, 6) is -2.67. The van der Waals surface area contributed by atoms with Gasteiger partial charge in [0.1, 0.15) is 21.3 Å². The molecule has 0 spiro atoms. The largest absolute Gasteiger partial charge is 0.507 e. The summed E-state index contributed by atoms with van der Waals surface area (Å²) in [6.07, 6.45) is 5.04. The summed E-state index contributed by atoms with van der Waals surface area (Å²) in [6, 6.07) is 6.61. The zero-order chi connectivity index (χ0) is 24.4. The summed E-state index contributed by atoms with van der Waals surface area (Å²) in [6.45, 7) is 4.41. The van der Waals surface area contributed by atoms with Crippen LogP contribution in [0.4, 0.5) is 0 Å². The van der Waals surface area contributed by atoms with Crippen molar-refractivity contribution < 1.29 is 37.7 Å². The van der Waals surface area contributed by atoms with Gasteiger partial charge in [-0.05, 0) is 49.2 Å². The lowest BCUT2D eigenvalue weighted by Gasteiger charge is -2.12. The Balaban J connectivity index is 2.31. The van der Waals surface area contributed by atoms with E-state index in [1.807, 2.05) is 13.8 Å². The molecule has 0 saturated heterocycles. The molecule has 8 nitrogen and oxygen atoms in total. The third-order valence-corrected chi connectivity index (χ3v) is 6.74. The fourth-order valence-corrected chi connectivity index (χ4v) is 4.52. The van der Waals surface area contributed by atoms with Crippen molar-refractivity contribution in [1.82, 2.24) is 0 Å². The maximum atomic E-state index is 13.2. The van der Waals surface area contributed by atoms with Crippen LogP contribution in [0.15, 0.2) is 46.2 Å². The Hall–Kier alpha value is -3.07. The molecule has 0 amide bonds. The zero-order valence-electron chi connectivity index (χ0n) is 18.9. The normalized spacial score (nSPS) is 11.2. The van der Waals surface area contributed by atoms with Crippen LogP contribution in [0.25, 0.3) is 0 Å². The van der Waals surface area contributed by atoms with Crippen molar-refractivity contribution >= 4 is 21.8 Å². The van der Waals surface area contributed by atoms with Crippen molar-refractivity contribution in [2.24, 2.45) is 0 Å². The van der Waals surface area contributed by atoms with E-state index in [4.69, 9.17) is 9.47 Å². The lowest BCUT2D eigenvalue weighted by Crippen LogP contribution is -2.11. The molecule has 33 heavy (non-hydrogen) atoms. The van der Waals surface area contributed by atoms with Crippen molar-refractivity contribution in [3.8, 4) is 11.5 Å². The van der Waals surface area contributed by atoms with Gasteiger partial charge in [0.25, 0.3) is 0 Å². The monoisotopic (exact) mass is 478 g/mol. The smallest absolute Gasteiger partial charge is 0.338 e. The Bertz CT molecular complexity index is 996. The Morgan fingerprint density at radius 1 is 0.727 bits per heavy atom. The molecule has 0 aliphatic heterocycles. The highest BCUT2D eigenvalue weighted by Gasteiger charge is 2.27. The molecule has 2 aromatic rings. The Kier molecular flexibility index (Phi) is 9.72. The van der Waals surface area contributed by atoms with Crippen molar-refractivity contribution in [3.05, 3.63) is 47.5 Å². The summed E-state index contributed by atoms with van der Waals surface area (Å²) in [4.78, 5) is 23.4.